The smallest absolute Gasteiger partial charge is 0.258 e. The molecule has 0 fully saturated rings. The first-order valence-corrected chi connectivity index (χ1v) is 6.51. The van der Waals surface area contributed by atoms with Crippen molar-refractivity contribution in [1.82, 2.24) is 10.1 Å². The highest BCUT2D eigenvalue weighted by Crippen LogP contribution is 2.26. The summed E-state index contributed by atoms with van der Waals surface area (Å²) in [5.74, 6) is 0.515. The Balaban J connectivity index is 1.97. The Hall–Kier alpha value is -2.21. The van der Waals surface area contributed by atoms with Crippen molar-refractivity contribution < 1.29 is 14.0 Å². The van der Waals surface area contributed by atoms with E-state index in [1.165, 1.54) is 18.2 Å². The lowest BCUT2D eigenvalue weighted by atomic mass is 10.2. The lowest BCUT2D eigenvalue weighted by molar-refractivity contribution is 0.432. The number of benzene rings is 2. The minimum atomic E-state index is -0.351. The van der Waals surface area contributed by atoms with Gasteiger partial charge in [0, 0.05) is 11.1 Å². The standard InChI is InChI=1S/C14H8BrFN2O2/c15-11-7-9(3-6-12(11)16)13-17-14(20-18-13)8-1-4-10(19)5-2-8/h1-7,19H. The van der Waals surface area contributed by atoms with E-state index < -0.39 is 0 Å². The second-order valence-electron chi connectivity index (χ2n) is 4.10. The molecule has 0 saturated heterocycles. The van der Waals surface area contributed by atoms with Crippen LogP contribution in [0.15, 0.2) is 51.5 Å². The van der Waals surface area contributed by atoms with Gasteiger partial charge in [0.15, 0.2) is 0 Å². The number of aromatic hydroxyl groups is 1. The van der Waals surface area contributed by atoms with Gasteiger partial charge in [-0.3, -0.25) is 0 Å². The van der Waals surface area contributed by atoms with Crippen molar-refractivity contribution in [2.75, 3.05) is 0 Å². The molecule has 3 aromatic rings. The van der Waals surface area contributed by atoms with Gasteiger partial charge in [-0.1, -0.05) is 5.16 Å². The van der Waals surface area contributed by atoms with Gasteiger partial charge in [0.2, 0.25) is 5.82 Å². The number of phenolic OH excluding ortho intramolecular Hbond substituents is 1. The van der Waals surface area contributed by atoms with E-state index >= 15 is 0 Å². The molecule has 1 heterocycles. The first-order valence-electron chi connectivity index (χ1n) is 5.72. The van der Waals surface area contributed by atoms with E-state index in [1.54, 1.807) is 24.3 Å². The number of halogens is 2. The quantitative estimate of drug-likeness (QED) is 0.769. The Morgan fingerprint density at radius 2 is 1.75 bits per heavy atom. The second-order valence-corrected chi connectivity index (χ2v) is 4.95. The number of nitrogens with zero attached hydrogens (tertiary/aromatic N) is 2. The van der Waals surface area contributed by atoms with Gasteiger partial charge < -0.3 is 9.63 Å². The summed E-state index contributed by atoms with van der Waals surface area (Å²) < 4.78 is 18.7. The molecule has 4 nitrogen and oxygen atoms in total. The fourth-order valence-corrected chi connectivity index (χ4v) is 2.08. The molecule has 3 rings (SSSR count). The normalized spacial score (nSPS) is 10.7. The van der Waals surface area contributed by atoms with Crippen molar-refractivity contribution in [3.05, 3.63) is 52.8 Å². The summed E-state index contributed by atoms with van der Waals surface area (Å²) in [6.45, 7) is 0. The van der Waals surface area contributed by atoms with Crippen molar-refractivity contribution in [3.8, 4) is 28.6 Å². The highest BCUT2D eigenvalue weighted by Gasteiger charge is 2.12. The van der Waals surface area contributed by atoms with Gasteiger partial charge in [0.05, 0.1) is 4.47 Å². The lowest BCUT2D eigenvalue weighted by Gasteiger charge is -1.97. The first-order chi connectivity index (χ1) is 9.63. The van der Waals surface area contributed by atoms with Crippen LogP contribution in [-0.2, 0) is 0 Å². The first kappa shape index (κ1) is 12.8. The third-order valence-electron chi connectivity index (χ3n) is 2.72. The predicted octanol–water partition coefficient (Wildman–Crippen LogP) is 4.01. The number of hydrogen-bond donors (Lipinski definition) is 1. The van der Waals surface area contributed by atoms with Crippen molar-refractivity contribution >= 4 is 15.9 Å². The van der Waals surface area contributed by atoms with Crippen LogP contribution in [0.4, 0.5) is 4.39 Å². The molecule has 0 spiro atoms. The number of hydrogen-bond acceptors (Lipinski definition) is 4. The zero-order valence-corrected chi connectivity index (χ0v) is 11.6. The number of aromatic nitrogens is 2. The Kier molecular flexibility index (Phi) is 3.23. The summed E-state index contributed by atoms with van der Waals surface area (Å²) in [4.78, 5) is 4.25. The molecular formula is C14H8BrFN2O2. The van der Waals surface area contributed by atoms with E-state index in [-0.39, 0.29) is 11.6 Å². The fourth-order valence-electron chi connectivity index (χ4n) is 1.70. The van der Waals surface area contributed by atoms with Crippen molar-refractivity contribution in [2.24, 2.45) is 0 Å². The molecule has 1 aromatic heterocycles. The second kappa shape index (κ2) is 5.05. The lowest BCUT2D eigenvalue weighted by Crippen LogP contribution is -1.84. The van der Waals surface area contributed by atoms with Crippen molar-refractivity contribution in [3.63, 3.8) is 0 Å². The maximum absolute atomic E-state index is 13.2. The molecule has 0 atom stereocenters. The minimum absolute atomic E-state index is 0.163. The largest absolute Gasteiger partial charge is 0.508 e. The fraction of sp³-hybridized carbons (Fsp3) is 0. The summed E-state index contributed by atoms with van der Waals surface area (Å²) in [6.07, 6.45) is 0. The summed E-state index contributed by atoms with van der Waals surface area (Å²) >= 11 is 3.11. The van der Waals surface area contributed by atoms with Crippen LogP contribution in [0, 0.1) is 5.82 Å². The summed E-state index contributed by atoms with van der Waals surface area (Å²) in [5.41, 5.74) is 1.34. The van der Waals surface area contributed by atoms with Gasteiger partial charge >= 0.3 is 0 Å². The molecule has 0 amide bonds. The summed E-state index contributed by atoms with van der Waals surface area (Å²) in [7, 11) is 0. The molecule has 0 unspecified atom stereocenters. The Morgan fingerprint density at radius 3 is 2.45 bits per heavy atom. The van der Waals surface area contributed by atoms with Crippen LogP contribution in [-0.4, -0.2) is 15.2 Å². The molecule has 1 N–H and O–H groups in total. The average Bonchev–Trinajstić information content (AvgIpc) is 2.92. The van der Waals surface area contributed by atoms with Crippen LogP contribution in [0.5, 0.6) is 5.75 Å². The Morgan fingerprint density at radius 1 is 1.05 bits per heavy atom. The molecule has 0 aliphatic heterocycles. The molecule has 0 radical (unpaired) electrons. The SMILES string of the molecule is Oc1ccc(-c2nc(-c3ccc(F)c(Br)c3)no2)cc1. The number of phenols is 1. The van der Waals surface area contributed by atoms with Crippen LogP contribution in [0.2, 0.25) is 0 Å². The average molecular weight is 335 g/mol. The van der Waals surface area contributed by atoms with E-state index in [1.807, 2.05) is 0 Å². The number of rotatable bonds is 2. The van der Waals surface area contributed by atoms with Crippen molar-refractivity contribution in [2.45, 2.75) is 0 Å². The monoisotopic (exact) mass is 334 g/mol. The van der Waals surface area contributed by atoms with Gasteiger partial charge in [0.25, 0.3) is 5.89 Å². The van der Waals surface area contributed by atoms with E-state index in [4.69, 9.17) is 4.52 Å². The van der Waals surface area contributed by atoms with Crippen LogP contribution < -0.4 is 0 Å². The van der Waals surface area contributed by atoms with E-state index in [9.17, 15) is 9.50 Å². The molecule has 20 heavy (non-hydrogen) atoms. The van der Waals surface area contributed by atoms with Crippen LogP contribution in [0.25, 0.3) is 22.8 Å². The van der Waals surface area contributed by atoms with Gasteiger partial charge in [-0.25, -0.2) is 4.39 Å². The maximum Gasteiger partial charge on any atom is 0.258 e. The third kappa shape index (κ3) is 2.42. The van der Waals surface area contributed by atoms with Gasteiger partial charge in [-0.2, -0.15) is 4.98 Å². The van der Waals surface area contributed by atoms with Gasteiger partial charge in [0.1, 0.15) is 11.6 Å². The molecule has 2 aromatic carbocycles. The topological polar surface area (TPSA) is 59.2 Å². The third-order valence-corrected chi connectivity index (χ3v) is 3.33. The zero-order valence-electron chi connectivity index (χ0n) is 10.0. The molecular weight excluding hydrogens is 327 g/mol. The maximum atomic E-state index is 13.2. The predicted molar refractivity (Wildman–Crippen MR) is 74.5 cm³/mol. The van der Waals surface area contributed by atoms with E-state index in [0.29, 0.717) is 27.3 Å². The van der Waals surface area contributed by atoms with E-state index in [0.717, 1.165) is 0 Å². The molecule has 0 aliphatic rings. The Bertz CT molecular complexity index is 756. The van der Waals surface area contributed by atoms with Gasteiger partial charge in [-0.05, 0) is 58.4 Å². The summed E-state index contributed by atoms with van der Waals surface area (Å²) in [5, 5.41) is 13.1. The highest BCUT2D eigenvalue weighted by atomic mass is 79.9. The minimum Gasteiger partial charge on any atom is -0.508 e. The van der Waals surface area contributed by atoms with Crippen molar-refractivity contribution in [1.29, 1.82) is 0 Å². The summed E-state index contributed by atoms with van der Waals surface area (Å²) in [6, 6.07) is 10.9. The van der Waals surface area contributed by atoms with Gasteiger partial charge in [-0.15, -0.1) is 0 Å². The van der Waals surface area contributed by atoms with E-state index in [2.05, 4.69) is 26.1 Å². The van der Waals surface area contributed by atoms with Crippen LogP contribution >= 0.6 is 15.9 Å². The highest BCUT2D eigenvalue weighted by molar-refractivity contribution is 9.10. The Labute approximate surface area is 122 Å². The molecule has 6 heteroatoms. The molecule has 100 valence electrons. The van der Waals surface area contributed by atoms with Crippen LogP contribution in [0.3, 0.4) is 0 Å². The zero-order chi connectivity index (χ0) is 14.1. The molecule has 0 bridgehead atoms. The molecule has 0 saturated carbocycles. The van der Waals surface area contributed by atoms with Crippen LogP contribution in [0.1, 0.15) is 0 Å². The molecule has 0 aliphatic carbocycles.